The highest BCUT2D eigenvalue weighted by Gasteiger charge is 2.23. The first kappa shape index (κ1) is 18.7. The third-order valence-electron chi connectivity index (χ3n) is 4.90. The number of carbonyl (C=O) groups is 1. The molecule has 2 amide bonds. The van der Waals surface area contributed by atoms with Gasteiger partial charge in [-0.25, -0.2) is 4.79 Å². The van der Waals surface area contributed by atoms with Crippen LogP contribution in [0.2, 0.25) is 0 Å². The summed E-state index contributed by atoms with van der Waals surface area (Å²) in [5.74, 6) is 0.502. The molecule has 1 atom stereocenters. The van der Waals surface area contributed by atoms with E-state index in [-0.39, 0.29) is 18.7 Å². The molecule has 0 aliphatic heterocycles. The Hall–Kier alpha value is -1.62. The van der Waals surface area contributed by atoms with Crippen molar-refractivity contribution in [2.75, 3.05) is 13.2 Å². The molecule has 0 spiro atoms. The fourth-order valence-corrected chi connectivity index (χ4v) is 3.54. The Balaban J connectivity index is 1.69. The number of nitrogens with zero attached hydrogens (tertiary/aromatic N) is 1. The lowest BCUT2D eigenvalue weighted by molar-refractivity contribution is 0.207. The summed E-state index contributed by atoms with van der Waals surface area (Å²) >= 11 is 0. The number of aliphatic hydroxyl groups excluding tert-OH is 1. The number of amides is 2. The third-order valence-corrected chi connectivity index (χ3v) is 4.90. The topological polar surface area (TPSA) is 74.2 Å². The standard InChI is InChI=1S/C19H31N3O2/c23-15-11-18(17-7-3-1-2-4-8-17)22-19(24)21-12-5-6-16-9-13-20-14-10-16/h9-10,13-14,17-18,23H,1-8,11-12,15H2,(H2,21,22,24). The largest absolute Gasteiger partial charge is 0.396 e. The van der Waals surface area contributed by atoms with E-state index in [1.165, 1.54) is 31.2 Å². The number of nitrogens with one attached hydrogen (secondary N) is 2. The van der Waals surface area contributed by atoms with Crippen molar-refractivity contribution in [2.45, 2.75) is 63.8 Å². The van der Waals surface area contributed by atoms with Crippen LogP contribution in [0.5, 0.6) is 0 Å². The molecule has 1 saturated carbocycles. The fourth-order valence-electron chi connectivity index (χ4n) is 3.54. The molecule has 0 aromatic carbocycles. The van der Waals surface area contributed by atoms with E-state index in [2.05, 4.69) is 15.6 Å². The summed E-state index contributed by atoms with van der Waals surface area (Å²) in [7, 11) is 0. The Morgan fingerprint density at radius 1 is 1.21 bits per heavy atom. The molecule has 134 valence electrons. The van der Waals surface area contributed by atoms with Gasteiger partial charge in [-0.3, -0.25) is 4.98 Å². The lowest BCUT2D eigenvalue weighted by atomic mass is 9.90. The van der Waals surface area contributed by atoms with Crippen LogP contribution in [0.15, 0.2) is 24.5 Å². The summed E-state index contributed by atoms with van der Waals surface area (Å²) in [5, 5.41) is 15.4. The van der Waals surface area contributed by atoms with Gasteiger partial charge in [0.05, 0.1) is 0 Å². The zero-order chi connectivity index (χ0) is 17.0. The maximum Gasteiger partial charge on any atom is 0.315 e. The van der Waals surface area contributed by atoms with Crippen molar-refractivity contribution < 1.29 is 9.90 Å². The van der Waals surface area contributed by atoms with Crippen molar-refractivity contribution >= 4 is 6.03 Å². The predicted octanol–water partition coefficient (Wildman–Crippen LogP) is 3.03. The van der Waals surface area contributed by atoms with E-state index < -0.39 is 0 Å². The molecule has 24 heavy (non-hydrogen) atoms. The number of rotatable bonds is 8. The van der Waals surface area contributed by atoms with Crippen LogP contribution in [0.25, 0.3) is 0 Å². The van der Waals surface area contributed by atoms with Crippen LogP contribution >= 0.6 is 0 Å². The summed E-state index contributed by atoms with van der Waals surface area (Å²) in [6, 6.07) is 3.99. The molecule has 1 aliphatic carbocycles. The van der Waals surface area contributed by atoms with Crippen molar-refractivity contribution in [1.82, 2.24) is 15.6 Å². The highest BCUT2D eigenvalue weighted by Crippen LogP contribution is 2.26. The van der Waals surface area contributed by atoms with E-state index in [9.17, 15) is 9.90 Å². The number of hydrogen-bond donors (Lipinski definition) is 3. The van der Waals surface area contributed by atoms with Crippen molar-refractivity contribution in [2.24, 2.45) is 5.92 Å². The van der Waals surface area contributed by atoms with Crippen LogP contribution in [0.4, 0.5) is 4.79 Å². The monoisotopic (exact) mass is 333 g/mol. The lowest BCUT2D eigenvalue weighted by Gasteiger charge is -2.26. The molecule has 5 heteroatoms. The second-order valence-electron chi connectivity index (χ2n) is 6.73. The first-order chi connectivity index (χ1) is 11.8. The fraction of sp³-hybridized carbons (Fsp3) is 0.684. The minimum atomic E-state index is -0.104. The van der Waals surface area contributed by atoms with Gasteiger partial charge < -0.3 is 15.7 Å². The van der Waals surface area contributed by atoms with Gasteiger partial charge in [-0.05, 0) is 55.7 Å². The summed E-state index contributed by atoms with van der Waals surface area (Å²) in [5.41, 5.74) is 1.24. The van der Waals surface area contributed by atoms with Crippen LogP contribution in [0, 0.1) is 5.92 Å². The number of aryl methyl sites for hydroxylation is 1. The van der Waals surface area contributed by atoms with Crippen LogP contribution in [-0.2, 0) is 6.42 Å². The SMILES string of the molecule is O=C(NCCCc1ccncc1)NC(CCO)C1CCCCCC1. The van der Waals surface area contributed by atoms with Crippen LogP contribution in [-0.4, -0.2) is 35.3 Å². The molecule has 3 N–H and O–H groups in total. The zero-order valence-electron chi connectivity index (χ0n) is 14.5. The molecule has 0 bridgehead atoms. The number of hydrogen-bond acceptors (Lipinski definition) is 3. The molecule has 1 aliphatic rings. The molecular formula is C19H31N3O2. The predicted molar refractivity (Wildman–Crippen MR) is 95.8 cm³/mol. The van der Waals surface area contributed by atoms with Gasteiger partial charge in [-0.15, -0.1) is 0 Å². The number of urea groups is 1. The first-order valence-corrected chi connectivity index (χ1v) is 9.33. The maximum absolute atomic E-state index is 12.2. The summed E-state index contributed by atoms with van der Waals surface area (Å²) in [6.45, 7) is 0.786. The summed E-state index contributed by atoms with van der Waals surface area (Å²) < 4.78 is 0. The third kappa shape index (κ3) is 6.87. The van der Waals surface area contributed by atoms with E-state index in [0.717, 1.165) is 25.7 Å². The Morgan fingerprint density at radius 2 is 1.92 bits per heavy atom. The van der Waals surface area contributed by atoms with Crippen LogP contribution < -0.4 is 10.6 Å². The van der Waals surface area contributed by atoms with Gasteiger partial charge >= 0.3 is 6.03 Å². The second kappa shape index (κ2) is 11.0. The summed E-state index contributed by atoms with van der Waals surface area (Å²) in [4.78, 5) is 16.2. The van der Waals surface area contributed by atoms with Crippen LogP contribution in [0.3, 0.4) is 0 Å². The van der Waals surface area contributed by atoms with Crippen molar-refractivity contribution in [3.05, 3.63) is 30.1 Å². The van der Waals surface area contributed by atoms with Crippen molar-refractivity contribution in [3.63, 3.8) is 0 Å². The number of pyridine rings is 1. The van der Waals surface area contributed by atoms with E-state index in [0.29, 0.717) is 18.9 Å². The van der Waals surface area contributed by atoms with Gasteiger partial charge in [0, 0.05) is 31.6 Å². The Bertz CT molecular complexity index is 459. The van der Waals surface area contributed by atoms with Gasteiger partial charge in [0.25, 0.3) is 0 Å². The van der Waals surface area contributed by atoms with E-state index in [4.69, 9.17) is 0 Å². The van der Waals surface area contributed by atoms with Gasteiger partial charge in [0.15, 0.2) is 0 Å². The Labute approximate surface area is 145 Å². The van der Waals surface area contributed by atoms with Crippen molar-refractivity contribution in [1.29, 1.82) is 0 Å². The minimum Gasteiger partial charge on any atom is -0.396 e. The van der Waals surface area contributed by atoms with Gasteiger partial charge in [0.2, 0.25) is 0 Å². The molecule has 1 fully saturated rings. The molecular weight excluding hydrogens is 302 g/mol. The molecule has 1 heterocycles. The average molecular weight is 333 g/mol. The number of carbonyl (C=O) groups excluding carboxylic acids is 1. The second-order valence-corrected chi connectivity index (χ2v) is 6.73. The molecule has 1 aromatic rings. The number of aromatic nitrogens is 1. The zero-order valence-corrected chi connectivity index (χ0v) is 14.5. The summed E-state index contributed by atoms with van der Waals surface area (Å²) in [6.07, 6.45) is 13.5. The molecule has 0 radical (unpaired) electrons. The molecule has 5 nitrogen and oxygen atoms in total. The van der Waals surface area contributed by atoms with Crippen LogP contribution in [0.1, 0.15) is 56.9 Å². The quantitative estimate of drug-likeness (QED) is 0.506. The average Bonchev–Trinajstić information content (AvgIpc) is 2.89. The van der Waals surface area contributed by atoms with E-state index in [1.54, 1.807) is 12.4 Å². The Morgan fingerprint density at radius 3 is 2.58 bits per heavy atom. The lowest BCUT2D eigenvalue weighted by Crippen LogP contribution is -2.46. The van der Waals surface area contributed by atoms with Gasteiger partial charge in [-0.1, -0.05) is 25.7 Å². The van der Waals surface area contributed by atoms with Crippen molar-refractivity contribution in [3.8, 4) is 0 Å². The Kier molecular flexibility index (Phi) is 8.60. The number of aliphatic hydroxyl groups is 1. The van der Waals surface area contributed by atoms with Gasteiger partial charge in [-0.2, -0.15) is 0 Å². The molecule has 1 unspecified atom stereocenters. The molecule has 0 saturated heterocycles. The maximum atomic E-state index is 12.2. The normalized spacial score (nSPS) is 17.0. The first-order valence-electron chi connectivity index (χ1n) is 9.33. The molecule has 1 aromatic heterocycles. The minimum absolute atomic E-state index is 0.0910. The van der Waals surface area contributed by atoms with E-state index >= 15 is 0 Å². The smallest absolute Gasteiger partial charge is 0.315 e. The highest BCUT2D eigenvalue weighted by atomic mass is 16.3. The van der Waals surface area contributed by atoms with E-state index in [1.807, 2.05) is 12.1 Å². The molecule has 2 rings (SSSR count). The van der Waals surface area contributed by atoms with Gasteiger partial charge in [0.1, 0.15) is 0 Å². The highest BCUT2D eigenvalue weighted by molar-refractivity contribution is 5.74.